The number of nitrogens with zero attached hydrogens (tertiary/aromatic N) is 5. The fourth-order valence-electron chi connectivity index (χ4n) is 4.31. The van der Waals surface area contributed by atoms with Gasteiger partial charge in [0.15, 0.2) is 5.54 Å². The molecule has 4 aromatic rings. The number of rotatable bonds is 4. The summed E-state index contributed by atoms with van der Waals surface area (Å²) >= 11 is 0. The van der Waals surface area contributed by atoms with E-state index in [9.17, 15) is 14.0 Å². The van der Waals surface area contributed by atoms with Crippen molar-refractivity contribution in [3.63, 3.8) is 0 Å². The lowest BCUT2D eigenvalue weighted by molar-refractivity contribution is -0.121. The molecule has 1 aliphatic heterocycles. The number of carbonyl (C=O) groups is 1. The molecule has 0 spiro atoms. The highest BCUT2D eigenvalue weighted by molar-refractivity contribution is 6.12. The van der Waals surface area contributed by atoms with Gasteiger partial charge in [0.05, 0.1) is 22.5 Å². The van der Waals surface area contributed by atoms with Gasteiger partial charge in [-0.25, -0.2) is 13.9 Å². The number of nitrogens with one attached hydrogen (secondary N) is 1. The first-order chi connectivity index (χ1) is 16.3. The molecule has 5 rings (SSSR count). The summed E-state index contributed by atoms with van der Waals surface area (Å²) in [6.45, 7) is 1.49. The third-order valence-electron chi connectivity index (χ3n) is 5.99. The minimum Gasteiger partial charge on any atom is -0.277 e. The smallest absolute Gasteiger partial charge is 0.272 e. The van der Waals surface area contributed by atoms with Crippen molar-refractivity contribution in [2.45, 2.75) is 18.9 Å². The van der Waals surface area contributed by atoms with Crippen molar-refractivity contribution in [3.05, 3.63) is 110 Å². The number of hydrogen-bond donors (Lipinski definition) is 1. The summed E-state index contributed by atoms with van der Waals surface area (Å²) in [5, 5.41) is 10.8. The van der Waals surface area contributed by atoms with Crippen molar-refractivity contribution < 1.29 is 13.6 Å². The normalized spacial score (nSPS) is 17.0. The summed E-state index contributed by atoms with van der Waals surface area (Å²) < 4.78 is 28.7. The molecule has 8 nitrogen and oxygen atoms in total. The molecule has 0 fully saturated rings. The van der Waals surface area contributed by atoms with Crippen LogP contribution in [0.5, 0.6) is 0 Å². The maximum atomic E-state index is 15.0. The average Bonchev–Trinajstić information content (AvgIpc) is 3.04. The highest BCUT2D eigenvalue weighted by Crippen LogP contribution is 2.47. The Bertz CT molecular complexity index is 1590. The van der Waals surface area contributed by atoms with E-state index in [1.54, 1.807) is 30.3 Å². The molecule has 0 saturated heterocycles. The lowest BCUT2D eigenvalue weighted by Crippen LogP contribution is -2.34. The number of para-hydroxylation sites is 1. The molecule has 0 aliphatic carbocycles. The predicted octanol–water partition coefficient (Wildman–Crippen LogP) is 5.00. The molecule has 0 bridgehead atoms. The van der Waals surface area contributed by atoms with Gasteiger partial charge >= 0.3 is 0 Å². The van der Waals surface area contributed by atoms with E-state index in [1.165, 1.54) is 36.1 Å². The molecule has 10 heteroatoms. The highest BCUT2D eigenvalue weighted by Gasteiger charge is 2.48. The molecule has 34 heavy (non-hydrogen) atoms. The number of anilines is 2. The summed E-state index contributed by atoms with van der Waals surface area (Å²) in [5.74, 6) is -1.77. The zero-order valence-corrected chi connectivity index (χ0v) is 17.8. The van der Waals surface area contributed by atoms with E-state index in [0.29, 0.717) is 27.9 Å². The zero-order chi connectivity index (χ0) is 24.0. The highest BCUT2D eigenvalue weighted by atomic mass is 19.1. The minimum absolute atomic E-state index is 0.00779. The molecule has 0 saturated carbocycles. The molecule has 1 aromatic heterocycles. The van der Waals surface area contributed by atoms with Crippen LogP contribution in [0.4, 0.5) is 20.2 Å². The number of hydrogen-bond acceptors (Lipinski definition) is 4. The van der Waals surface area contributed by atoms with Crippen LogP contribution >= 0.6 is 0 Å². The Morgan fingerprint density at radius 2 is 1.85 bits per heavy atom. The second kappa shape index (κ2) is 7.79. The second-order valence-electron chi connectivity index (χ2n) is 8.07. The monoisotopic (exact) mass is 458 g/mol. The summed E-state index contributed by atoms with van der Waals surface area (Å²) in [6, 6.07) is 14.9. The molecule has 2 heterocycles. The number of carbonyl (C=O) groups excluding carboxylic acids is 1. The zero-order valence-electron chi connectivity index (χ0n) is 17.8. The summed E-state index contributed by atoms with van der Waals surface area (Å²) in [4.78, 5) is 29.4. The van der Waals surface area contributed by atoms with E-state index in [2.05, 4.69) is 20.2 Å². The van der Waals surface area contributed by atoms with Gasteiger partial charge < -0.3 is 0 Å². The average molecular weight is 458 g/mol. The molecule has 1 unspecified atom stereocenters. The van der Waals surface area contributed by atoms with Gasteiger partial charge in [-0.1, -0.05) is 29.4 Å². The number of amides is 1. The van der Waals surface area contributed by atoms with Crippen LogP contribution in [0.1, 0.15) is 23.7 Å². The molecule has 1 N–H and O–H groups in total. The van der Waals surface area contributed by atoms with Gasteiger partial charge in [0, 0.05) is 16.7 Å². The number of aromatic amines is 1. The van der Waals surface area contributed by atoms with E-state index >= 15 is 4.39 Å². The molecule has 1 atom stereocenters. The van der Waals surface area contributed by atoms with Crippen LogP contribution in [0, 0.1) is 11.6 Å². The first-order valence-electron chi connectivity index (χ1n) is 10.3. The molecule has 0 radical (unpaired) electrons. The standard InChI is InChI=1S/C24H16F2N6O2/c1-24(30-31-27)17-4-2-3-5-20(17)32(23(24)34)21-11-13(6-9-18(21)26)10-19-15-8-7-14(25)12-16(15)22(33)29-28-19/h2-9,11-12H,10H2,1H3,(H,29,33). The lowest BCUT2D eigenvalue weighted by atomic mass is 9.95. The summed E-state index contributed by atoms with van der Waals surface area (Å²) in [5.41, 5.74) is 8.94. The quantitative estimate of drug-likeness (QED) is 0.264. The van der Waals surface area contributed by atoms with E-state index in [1.807, 2.05) is 0 Å². The van der Waals surface area contributed by atoms with Crippen molar-refractivity contribution in [2.75, 3.05) is 4.90 Å². The molecular weight excluding hydrogens is 442 g/mol. The third kappa shape index (κ3) is 3.20. The number of halogens is 2. The van der Waals surface area contributed by atoms with Crippen LogP contribution in [0.3, 0.4) is 0 Å². The van der Waals surface area contributed by atoms with Crippen LogP contribution in [0.2, 0.25) is 0 Å². The van der Waals surface area contributed by atoms with Crippen molar-refractivity contribution in [3.8, 4) is 0 Å². The molecule has 1 aliphatic rings. The van der Waals surface area contributed by atoms with E-state index < -0.39 is 28.6 Å². The number of aromatic nitrogens is 2. The maximum Gasteiger partial charge on any atom is 0.272 e. The Labute approximate surface area is 191 Å². The Morgan fingerprint density at radius 1 is 1.06 bits per heavy atom. The second-order valence-corrected chi connectivity index (χ2v) is 8.07. The number of H-pyrrole nitrogens is 1. The fraction of sp³-hybridized carbons (Fsp3) is 0.125. The number of azide groups is 1. The van der Waals surface area contributed by atoms with Crippen LogP contribution in [-0.4, -0.2) is 16.1 Å². The minimum atomic E-state index is -1.52. The fourth-order valence-corrected chi connectivity index (χ4v) is 4.31. The summed E-state index contributed by atoms with van der Waals surface area (Å²) in [6.07, 6.45) is 0.184. The Kier molecular flexibility index (Phi) is 4.88. The topological polar surface area (TPSA) is 115 Å². The van der Waals surface area contributed by atoms with Crippen molar-refractivity contribution in [1.82, 2.24) is 10.2 Å². The molecular formula is C24H16F2N6O2. The Balaban J connectivity index is 1.61. The van der Waals surface area contributed by atoms with Gasteiger partial charge in [-0.3, -0.25) is 14.5 Å². The van der Waals surface area contributed by atoms with Crippen molar-refractivity contribution in [2.24, 2.45) is 5.11 Å². The van der Waals surface area contributed by atoms with Crippen LogP contribution in [0.25, 0.3) is 21.2 Å². The Hall–Kier alpha value is -4.56. The number of benzene rings is 3. The van der Waals surface area contributed by atoms with E-state index in [4.69, 9.17) is 5.53 Å². The van der Waals surface area contributed by atoms with Crippen LogP contribution in [-0.2, 0) is 16.8 Å². The first kappa shape index (κ1) is 21.3. The third-order valence-corrected chi connectivity index (χ3v) is 5.99. The summed E-state index contributed by atoms with van der Waals surface area (Å²) in [7, 11) is 0. The number of fused-ring (bicyclic) bond motifs is 2. The van der Waals surface area contributed by atoms with Gasteiger partial charge in [0.2, 0.25) is 5.91 Å². The predicted molar refractivity (Wildman–Crippen MR) is 122 cm³/mol. The Morgan fingerprint density at radius 3 is 2.65 bits per heavy atom. The van der Waals surface area contributed by atoms with Gasteiger partial charge in [-0.2, -0.15) is 5.10 Å². The van der Waals surface area contributed by atoms with Gasteiger partial charge in [-0.15, -0.1) is 0 Å². The van der Waals surface area contributed by atoms with E-state index in [0.717, 1.165) is 6.07 Å². The molecule has 1 amide bonds. The molecule has 168 valence electrons. The van der Waals surface area contributed by atoms with Crippen LogP contribution < -0.4 is 10.5 Å². The maximum absolute atomic E-state index is 15.0. The SMILES string of the molecule is CC1(N=[N+]=[N-])C(=O)N(c2cc(Cc3n[nH]c(=O)c4cc(F)ccc34)ccc2F)c2ccccc21. The lowest BCUT2D eigenvalue weighted by Gasteiger charge is -2.21. The van der Waals surface area contributed by atoms with Crippen molar-refractivity contribution >= 4 is 28.1 Å². The van der Waals surface area contributed by atoms with Crippen LogP contribution in [0.15, 0.2) is 70.6 Å². The first-order valence-corrected chi connectivity index (χ1v) is 10.3. The van der Waals surface area contributed by atoms with Gasteiger partial charge in [0.25, 0.3) is 5.56 Å². The van der Waals surface area contributed by atoms with E-state index in [-0.39, 0.29) is 17.5 Å². The van der Waals surface area contributed by atoms with Gasteiger partial charge in [0.1, 0.15) is 11.6 Å². The van der Waals surface area contributed by atoms with Gasteiger partial charge in [-0.05, 0) is 60.0 Å². The largest absolute Gasteiger partial charge is 0.277 e. The molecule has 3 aromatic carbocycles. The van der Waals surface area contributed by atoms with Crippen molar-refractivity contribution in [1.29, 1.82) is 0 Å².